The predicted molar refractivity (Wildman–Crippen MR) is 82.6 cm³/mol. The number of thioether (sulfide) groups is 1. The van der Waals surface area contributed by atoms with Gasteiger partial charge in [0.1, 0.15) is 11.4 Å². The summed E-state index contributed by atoms with van der Waals surface area (Å²) < 4.78 is 0. The van der Waals surface area contributed by atoms with Crippen LogP contribution in [0.4, 0.5) is 0 Å². The third-order valence-corrected chi connectivity index (χ3v) is 4.43. The summed E-state index contributed by atoms with van der Waals surface area (Å²) in [5, 5.41) is 5.61. The third kappa shape index (κ3) is 3.91. The molecule has 1 heterocycles. The lowest BCUT2D eigenvalue weighted by Crippen LogP contribution is -2.23. The summed E-state index contributed by atoms with van der Waals surface area (Å²) in [6, 6.07) is 8.84. The van der Waals surface area contributed by atoms with E-state index in [0.717, 1.165) is 21.7 Å². The Kier molecular flexibility index (Phi) is 5.61. The van der Waals surface area contributed by atoms with Crippen molar-refractivity contribution in [2.24, 2.45) is 0 Å². The Morgan fingerprint density at radius 3 is 2.89 bits per heavy atom. The van der Waals surface area contributed by atoms with Crippen molar-refractivity contribution in [3.8, 4) is 0 Å². The average molecular weight is 275 g/mol. The molecule has 4 heteroatoms. The first-order valence-corrected chi connectivity index (χ1v) is 7.83. The van der Waals surface area contributed by atoms with Crippen LogP contribution in [0.25, 0.3) is 10.9 Å². The number of para-hydroxylation sites is 1. The van der Waals surface area contributed by atoms with Gasteiger partial charge in [-0.15, -0.1) is 11.8 Å². The molecule has 0 aliphatic carbocycles. The van der Waals surface area contributed by atoms with Gasteiger partial charge in [0.15, 0.2) is 0 Å². The van der Waals surface area contributed by atoms with Gasteiger partial charge in [-0.25, -0.2) is 9.97 Å². The van der Waals surface area contributed by atoms with Crippen molar-refractivity contribution in [2.75, 3.05) is 12.8 Å². The number of hydrogen-bond acceptors (Lipinski definition) is 4. The SMILES string of the molecule is CCC(CCCSc1ncnc2ccccc12)NC. The molecule has 1 N–H and O–H groups in total. The summed E-state index contributed by atoms with van der Waals surface area (Å²) in [4.78, 5) is 8.69. The Bertz CT molecular complexity index is 506. The van der Waals surface area contributed by atoms with Gasteiger partial charge in [0.2, 0.25) is 0 Å². The van der Waals surface area contributed by atoms with E-state index in [1.165, 1.54) is 19.3 Å². The second-order valence-corrected chi connectivity index (χ2v) is 5.66. The molecule has 102 valence electrons. The van der Waals surface area contributed by atoms with E-state index < -0.39 is 0 Å². The van der Waals surface area contributed by atoms with E-state index in [1.807, 2.05) is 37.0 Å². The van der Waals surface area contributed by atoms with Gasteiger partial charge in [-0.3, -0.25) is 0 Å². The number of hydrogen-bond donors (Lipinski definition) is 1. The molecule has 0 spiro atoms. The Morgan fingerprint density at radius 1 is 1.26 bits per heavy atom. The smallest absolute Gasteiger partial charge is 0.117 e. The fraction of sp³-hybridized carbons (Fsp3) is 0.467. The van der Waals surface area contributed by atoms with Gasteiger partial charge in [0, 0.05) is 11.4 Å². The summed E-state index contributed by atoms with van der Waals surface area (Å²) in [7, 11) is 2.04. The molecule has 0 aliphatic heterocycles. The van der Waals surface area contributed by atoms with Crippen LogP contribution in [0.2, 0.25) is 0 Å². The van der Waals surface area contributed by atoms with Crippen LogP contribution in [-0.4, -0.2) is 28.8 Å². The summed E-state index contributed by atoms with van der Waals surface area (Å²) in [5.41, 5.74) is 1.03. The number of fused-ring (bicyclic) bond motifs is 1. The van der Waals surface area contributed by atoms with E-state index >= 15 is 0 Å². The predicted octanol–water partition coefficient (Wildman–Crippen LogP) is 3.50. The topological polar surface area (TPSA) is 37.8 Å². The molecule has 2 rings (SSSR count). The van der Waals surface area contributed by atoms with Crippen molar-refractivity contribution in [1.82, 2.24) is 15.3 Å². The second kappa shape index (κ2) is 7.46. The van der Waals surface area contributed by atoms with Crippen molar-refractivity contribution in [3.05, 3.63) is 30.6 Å². The number of nitrogens with zero attached hydrogens (tertiary/aromatic N) is 2. The molecule has 0 saturated carbocycles. The third-order valence-electron chi connectivity index (χ3n) is 3.34. The summed E-state index contributed by atoms with van der Waals surface area (Å²) in [6.45, 7) is 2.23. The largest absolute Gasteiger partial charge is 0.317 e. The van der Waals surface area contributed by atoms with Crippen molar-refractivity contribution in [2.45, 2.75) is 37.3 Å². The van der Waals surface area contributed by atoms with Gasteiger partial charge >= 0.3 is 0 Å². The number of benzene rings is 1. The highest BCUT2D eigenvalue weighted by Crippen LogP contribution is 2.25. The van der Waals surface area contributed by atoms with E-state index in [2.05, 4.69) is 28.3 Å². The van der Waals surface area contributed by atoms with Gasteiger partial charge in [-0.1, -0.05) is 25.1 Å². The van der Waals surface area contributed by atoms with Gasteiger partial charge in [-0.05, 0) is 38.1 Å². The van der Waals surface area contributed by atoms with Crippen LogP contribution in [0.3, 0.4) is 0 Å². The van der Waals surface area contributed by atoms with Gasteiger partial charge in [-0.2, -0.15) is 0 Å². The number of nitrogens with one attached hydrogen (secondary N) is 1. The maximum Gasteiger partial charge on any atom is 0.117 e. The molecule has 1 atom stereocenters. The van der Waals surface area contributed by atoms with Crippen molar-refractivity contribution < 1.29 is 0 Å². The monoisotopic (exact) mass is 275 g/mol. The number of rotatable bonds is 7. The second-order valence-electron chi connectivity index (χ2n) is 4.58. The minimum Gasteiger partial charge on any atom is -0.317 e. The van der Waals surface area contributed by atoms with Crippen LogP contribution in [0, 0.1) is 0 Å². The fourth-order valence-corrected chi connectivity index (χ4v) is 3.10. The first-order chi connectivity index (χ1) is 9.35. The Morgan fingerprint density at radius 2 is 2.11 bits per heavy atom. The zero-order valence-electron chi connectivity index (χ0n) is 11.6. The van der Waals surface area contributed by atoms with Crippen molar-refractivity contribution >= 4 is 22.7 Å². The van der Waals surface area contributed by atoms with Crippen molar-refractivity contribution in [1.29, 1.82) is 0 Å². The molecule has 0 radical (unpaired) electrons. The van der Waals surface area contributed by atoms with Gasteiger partial charge in [0.25, 0.3) is 0 Å². The van der Waals surface area contributed by atoms with E-state index in [4.69, 9.17) is 0 Å². The highest BCUT2D eigenvalue weighted by Gasteiger charge is 2.05. The molecule has 1 aromatic carbocycles. The lowest BCUT2D eigenvalue weighted by Gasteiger charge is -2.12. The quantitative estimate of drug-likeness (QED) is 0.477. The normalized spacial score (nSPS) is 12.7. The first-order valence-electron chi connectivity index (χ1n) is 6.85. The first kappa shape index (κ1) is 14.3. The Labute approximate surface area is 119 Å². The number of aromatic nitrogens is 2. The molecule has 1 aromatic heterocycles. The Hall–Kier alpha value is -1.13. The van der Waals surface area contributed by atoms with Crippen LogP contribution < -0.4 is 5.32 Å². The van der Waals surface area contributed by atoms with Gasteiger partial charge in [0.05, 0.1) is 5.52 Å². The highest BCUT2D eigenvalue weighted by molar-refractivity contribution is 7.99. The molecular weight excluding hydrogens is 254 g/mol. The molecule has 1 unspecified atom stereocenters. The molecule has 0 aliphatic rings. The van der Waals surface area contributed by atoms with Gasteiger partial charge < -0.3 is 5.32 Å². The van der Waals surface area contributed by atoms with E-state index in [-0.39, 0.29) is 0 Å². The van der Waals surface area contributed by atoms with Crippen LogP contribution in [-0.2, 0) is 0 Å². The summed E-state index contributed by atoms with van der Waals surface area (Å²) in [5.74, 6) is 1.11. The van der Waals surface area contributed by atoms with Crippen LogP contribution in [0.15, 0.2) is 35.6 Å². The van der Waals surface area contributed by atoms with E-state index in [0.29, 0.717) is 6.04 Å². The molecule has 2 aromatic rings. The zero-order chi connectivity index (χ0) is 13.5. The standard InChI is InChI=1S/C15H21N3S/c1-3-12(16-2)7-6-10-19-15-13-8-4-5-9-14(13)17-11-18-15/h4-5,8-9,11-12,16H,3,6-7,10H2,1-2H3. The van der Waals surface area contributed by atoms with Crippen LogP contribution in [0.1, 0.15) is 26.2 Å². The van der Waals surface area contributed by atoms with Crippen molar-refractivity contribution in [3.63, 3.8) is 0 Å². The van der Waals surface area contributed by atoms with E-state index in [1.54, 1.807) is 6.33 Å². The maximum atomic E-state index is 4.40. The molecule has 19 heavy (non-hydrogen) atoms. The molecular formula is C15H21N3S. The summed E-state index contributed by atoms with van der Waals surface area (Å²) >= 11 is 1.83. The lowest BCUT2D eigenvalue weighted by molar-refractivity contribution is 0.504. The molecule has 0 saturated heterocycles. The van der Waals surface area contributed by atoms with Crippen LogP contribution in [0.5, 0.6) is 0 Å². The molecule has 0 fully saturated rings. The van der Waals surface area contributed by atoms with Crippen LogP contribution >= 0.6 is 11.8 Å². The fourth-order valence-electron chi connectivity index (χ4n) is 2.15. The lowest BCUT2D eigenvalue weighted by atomic mass is 10.1. The minimum atomic E-state index is 0.641. The molecule has 0 amide bonds. The molecule has 3 nitrogen and oxygen atoms in total. The highest BCUT2D eigenvalue weighted by atomic mass is 32.2. The molecule has 0 bridgehead atoms. The maximum absolute atomic E-state index is 4.40. The minimum absolute atomic E-state index is 0.641. The summed E-state index contributed by atoms with van der Waals surface area (Å²) in [6.07, 6.45) is 5.29. The Balaban J connectivity index is 1.91. The zero-order valence-corrected chi connectivity index (χ0v) is 12.4. The average Bonchev–Trinajstić information content (AvgIpc) is 2.47. The van der Waals surface area contributed by atoms with E-state index in [9.17, 15) is 0 Å².